The summed E-state index contributed by atoms with van der Waals surface area (Å²) in [5.41, 5.74) is 1.69. The van der Waals surface area contributed by atoms with Crippen LogP contribution in [0, 0.1) is 11.5 Å². The SMILES string of the molecule is N#CONC(=O)CN=C=O. The summed E-state index contributed by atoms with van der Waals surface area (Å²) in [6.07, 6.45) is 2.35. The average Bonchev–Trinajstić information content (AvgIpc) is 1.97. The smallest absolute Gasteiger partial charge is 0.299 e. The van der Waals surface area contributed by atoms with E-state index in [-0.39, 0.29) is 6.54 Å². The monoisotopic (exact) mass is 141 g/mol. The molecular formula is C4H3N3O3. The molecule has 52 valence electrons. The number of amides is 1. The molecule has 0 heterocycles. The highest BCUT2D eigenvalue weighted by Gasteiger charge is 1.96. The molecule has 0 rings (SSSR count). The third-order valence-electron chi connectivity index (χ3n) is 0.498. The molecule has 6 heteroatoms. The van der Waals surface area contributed by atoms with Gasteiger partial charge in [0.05, 0.1) is 0 Å². The minimum atomic E-state index is -0.676. The summed E-state index contributed by atoms with van der Waals surface area (Å²) in [6, 6.07) is 0. The Kier molecular flexibility index (Phi) is 4.30. The molecule has 0 aliphatic heterocycles. The molecule has 1 N–H and O–H groups in total. The van der Waals surface area contributed by atoms with Crippen LogP contribution in [-0.2, 0) is 14.4 Å². The summed E-state index contributed by atoms with van der Waals surface area (Å²) in [6.45, 7) is -0.384. The van der Waals surface area contributed by atoms with Crippen molar-refractivity contribution in [1.29, 1.82) is 5.26 Å². The molecule has 0 saturated carbocycles. The lowest BCUT2D eigenvalue weighted by Crippen LogP contribution is -2.23. The van der Waals surface area contributed by atoms with E-state index in [1.807, 2.05) is 0 Å². The van der Waals surface area contributed by atoms with Crippen LogP contribution in [0.4, 0.5) is 0 Å². The fraction of sp³-hybridized carbons (Fsp3) is 0.250. The Morgan fingerprint density at radius 2 is 2.50 bits per heavy atom. The molecule has 0 aliphatic carbocycles. The third-order valence-corrected chi connectivity index (χ3v) is 0.498. The van der Waals surface area contributed by atoms with Crippen LogP contribution >= 0.6 is 0 Å². The van der Waals surface area contributed by atoms with Crippen LogP contribution in [0.5, 0.6) is 0 Å². The predicted octanol–water partition coefficient (Wildman–Crippen LogP) is -1.15. The molecule has 0 spiro atoms. The zero-order chi connectivity index (χ0) is 7.82. The minimum absolute atomic E-state index is 0.384. The van der Waals surface area contributed by atoms with Gasteiger partial charge in [0.15, 0.2) is 0 Å². The van der Waals surface area contributed by atoms with Crippen LogP contribution in [0.25, 0.3) is 0 Å². The van der Waals surface area contributed by atoms with Gasteiger partial charge in [-0.1, -0.05) is 0 Å². The predicted molar refractivity (Wildman–Crippen MR) is 27.8 cm³/mol. The molecular weight excluding hydrogens is 138 g/mol. The molecule has 0 aromatic rings. The van der Waals surface area contributed by atoms with Crippen molar-refractivity contribution >= 4 is 12.0 Å². The van der Waals surface area contributed by atoms with Gasteiger partial charge in [0.1, 0.15) is 6.54 Å². The van der Waals surface area contributed by atoms with Gasteiger partial charge in [0.2, 0.25) is 6.08 Å². The van der Waals surface area contributed by atoms with Crippen LogP contribution in [0.1, 0.15) is 0 Å². The lowest BCUT2D eigenvalue weighted by atomic mass is 10.6. The van der Waals surface area contributed by atoms with E-state index in [4.69, 9.17) is 5.26 Å². The second kappa shape index (κ2) is 5.28. The first-order valence-corrected chi connectivity index (χ1v) is 2.18. The van der Waals surface area contributed by atoms with Crippen molar-refractivity contribution in [2.75, 3.05) is 6.54 Å². The summed E-state index contributed by atoms with van der Waals surface area (Å²) in [5, 5.41) is 7.75. The van der Waals surface area contributed by atoms with Gasteiger partial charge in [-0.05, 0) is 0 Å². The normalized spacial score (nSPS) is 6.70. The van der Waals surface area contributed by atoms with Crippen LogP contribution < -0.4 is 5.48 Å². The Labute approximate surface area is 56.1 Å². The van der Waals surface area contributed by atoms with Gasteiger partial charge < -0.3 is 0 Å². The van der Waals surface area contributed by atoms with Crippen molar-refractivity contribution < 1.29 is 14.4 Å². The molecule has 0 saturated heterocycles. The standard InChI is InChI=1S/C4H3N3O3/c5-2-10-7-4(9)1-6-3-8/h1H2,(H,7,9). The van der Waals surface area contributed by atoms with Gasteiger partial charge in [0.25, 0.3) is 5.91 Å². The van der Waals surface area contributed by atoms with Gasteiger partial charge in [-0.2, -0.15) is 10.5 Å². The first kappa shape index (κ1) is 8.14. The number of nitriles is 1. The van der Waals surface area contributed by atoms with Crippen molar-refractivity contribution in [3.8, 4) is 6.26 Å². The molecule has 0 aromatic heterocycles. The first-order chi connectivity index (χ1) is 4.81. The molecule has 1 amide bonds. The maximum Gasteiger partial charge on any atom is 0.314 e. The zero-order valence-corrected chi connectivity index (χ0v) is 4.83. The van der Waals surface area contributed by atoms with E-state index < -0.39 is 5.91 Å². The Bertz CT molecular complexity index is 200. The van der Waals surface area contributed by atoms with Gasteiger partial charge >= 0.3 is 6.26 Å². The molecule has 0 bridgehead atoms. The maximum atomic E-state index is 10.3. The second-order valence-electron chi connectivity index (χ2n) is 1.13. The first-order valence-electron chi connectivity index (χ1n) is 2.18. The number of aliphatic imine (C=N–C) groups is 1. The van der Waals surface area contributed by atoms with Crippen LogP contribution in [0.2, 0.25) is 0 Å². The fourth-order valence-corrected chi connectivity index (χ4v) is 0.216. The fourth-order valence-electron chi connectivity index (χ4n) is 0.216. The van der Waals surface area contributed by atoms with E-state index in [0.29, 0.717) is 0 Å². The number of nitrogens with one attached hydrogen (secondary N) is 1. The number of nitrogens with zero attached hydrogens (tertiary/aromatic N) is 2. The summed E-state index contributed by atoms with van der Waals surface area (Å²) in [4.78, 5) is 26.4. The zero-order valence-electron chi connectivity index (χ0n) is 4.83. The average molecular weight is 141 g/mol. The van der Waals surface area contributed by atoms with Gasteiger partial charge in [-0.3, -0.25) is 9.63 Å². The van der Waals surface area contributed by atoms with Crippen molar-refractivity contribution in [3.05, 3.63) is 0 Å². The van der Waals surface area contributed by atoms with Crippen molar-refractivity contribution in [3.63, 3.8) is 0 Å². The number of carbonyl (C=O) groups is 1. The Hall–Kier alpha value is -1.86. The molecule has 0 aliphatic rings. The molecule has 10 heavy (non-hydrogen) atoms. The highest BCUT2D eigenvalue weighted by Crippen LogP contribution is 1.67. The molecule has 0 radical (unpaired) electrons. The van der Waals surface area contributed by atoms with E-state index in [1.165, 1.54) is 6.26 Å². The van der Waals surface area contributed by atoms with Crippen molar-refractivity contribution in [2.45, 2.75) is 0 Å². The van der Waals surface area contributed by atoms with Gasteiger partial charge in [0, 0.05) is 0 Å². The number of rotatable bonds is 3. The number of carbonyl (C=O) groups excluding carboxylic acids is 2. The number of hydroxylamine groups is 1. The molecule has 0 fully saturated rings. The highest BCUT2D eigenvalue weighted by molar-refractivity contribution is 5.77. The summed E-state index contributed by atoms with van der Waals surface area (Å²) >= 11 is 0. The van der Waals surface area contributed by atoms with E-state index in [0.717, 1.165) is 6.08 Å². The van der Waals surface area contributed by atoms with Gasteiger partial charge in [-0.15, -0.1) is 5.26 Å². The summed E-state index contributed by atoms with van der Waals surface area (Å²) in [5.74, 6) is -0.676. The topological polar surface area (TPSA) is 91.5 Å². The van der Waals surface area contributed by atoms with Gasteiger partial charge in [-0.25, -0.2) is 4.79 Å². The largest absolute Gasteiger partial charge is 0.314 e. The summed E-state index contributed by atoms with van der Waals surface area (Å²) in [7, 11) is 0. The Morgan fingerprint density at radius 3 is 3.00 bits per heavy atom. The molecule has 0 unspecified atom stereocenters. The lowest BCUT2D eigenvalue weighted by Gasteiger charge is -1.92. The second-order valence-corrected chi connectivity index (χ2v) is 1.13. The van der Waals surface area contributed by atoms with Crippen molar-refractivity contribution in [1.82, 2.24) is 5.48 Å². The quantitative estimate of drug-likeness (QED) is 0.232. The third kappa shape index (κ3) is 4.30. The van der Waals surface area contributed by atoms with Crippen LogP contribution in [0.3, 0.4) is 0 Å². The number of hydrogen-bond donors (Lipinski definition) is 1. The Morgan fingerprint density at radius 1 is 1.80 bits per heavy atom. The number of hydrogen-bond acceptors (Lipinski definition) is 5. The van der Waals surface area contributed by atoms with E-state index in [2.05, 4.69) is 9.83 Å². The Balaban J connectivity index is 3.46. The lowest BCUT2D eigenvalue weighted by molar-refractivity contribution is -0.127. The van der Waals surface area contributed by atoms with E-state index >= 15 is 0 Å². The molecule has 6 nitrogen and oxygen atoms in total. The van der Waals surface area contributed by atoms with E-state index in [9.17, 15) is 9.59 Å². The van der Waals surface area contributed by atoms with E-state index in [1.54, 1.807) is 5.48 Å². The molecule has 0 aromatic carbocycles. The van der Waals surface area contributed by atoms with Crippen molar-refractivity contribution in [2.24, 2.45) is 4.99 Å². The number of isocyanates is 1. The van der Waals surface area contributed by atoms with Crippen LogP contribution in [-0.4, -0.2) is 18.5 Å². The minimum Gasteiger partial charge on any atom is -0.299 e. The van der Waals surface area contributed by atoms with Crippen LogP contribution in [0.15, 0.2) is 4.99 Å². The maximum absolute atomic E-state index is 10.3. The molecule has 0 atom stereocenters. The highest BCUT2D eigenvalue weighted by atomic mass is 16.6. The summed E-state index contributed by atoms with van der Waals surface area (Å²) < 4.78 is 0.